The smallest absolute Gasteiger partial charge is 0.243 e. The summed E-state index contributed by atoms with van der Waals surface area (Å²) in [6, 6.07) is 7.20. The van der Waals surface area contributed by atoms with Crippen LogP contribution in [0.25, 0.3) is 10.8 Å². The Morgan fingerprint density at radius 2 is 1.92 bits per heavy atom. The molecular weight excluding hydrogens is 346 g/mol. The summed E-state index contributed by atoms with van der Waals surface area (Å²) in [4.78, 5) is 4.49. The van der Waals surface area contributed by atoms with Crippen LogP contribution in [0.4, 0.5) is 0 Å². The summed E-state index contributed by atoms with van der Waals surface area (Å²) in [6.07, 6.45) is 11.0. The fraction of sp³-hybridized carbons (Fsp3) is 0.550. The Balaban J connectivity index is 1.86. The van der Waals surface area contributed by atoms with Gasteiger partial charge in [-0.15, -0.1) is 0 Å². The van der Waals surface area contributed by atoms with Crippen molar-refractivity contribution in [2.24, 2.45) is 11.7 Å². The summed E-state index contributed by atoms with van der Waals surface area (Å²) in [6.45, 7) is 1.73. The molecule has 0 saturated heterocycles. The van der Waals surface area contributed by atoms with E-state index in [4.69, 9.17) is 5.73 Å². The molecular formula is C20H29N3O2S. The molecule has 2 N–H and O–H groups in total. The van der Waals surface area contributed by atoms with Crippen LogP contribution in [-0.4, -0.2) is 37.3 Å². The van der Waals surface area contributed by atoms with Crippen molar-refractivity contribution in [1.29, 1.82) is 0 Å². The molecule has 1 heterocycles. The van der Waals surface area contributed by atoms with Crippen LogP contribution in [0.3, 0.4) is 0 Å². The zero-order valence-electron chi connectivity index (χ0n) is 15.3. The molecule has 0 amide bonds. The lowest BCUT2D eigenvalue weighted by atomic mass is 10.0. The molecule has 2 aromatic rings. The standard InChI is InChI=1S/C20H29N3O2S/c21-12-3-4-14-23(15-11-17-6-1-2-7-17)26(24,25)20-9-5-8-18-16-22-13-10-19(18)20/h5,8-10,13,16-17H,1-4,6-7,11-12,14-15,21H2. The Bertz CT molecular complexity index is 811. The van der Waals surface area contributed by atoms with Crippen LogP contribution in [-0.2, 0) is 10.0 Å². The van der Waals surface area contributed by atoms with E-state index in [1.807, 2.05) is 6.07 Å². The van der Waals surface area contributed by atoms with Crippen molar-refractivity contribution in [2.45, 2.75) is 49.8 Å². The highest BCUT2D eigenvalue weighted by atomic mass is 32.2. The maximum atomic E-state index is 13.4. The third kappa shape index (κ3) is 4.42. The minimum Gasteiger partial charge on any atom is -0.330 e. The number of nitrogens with zero attached hydrogens (tertiary/aromatic N) is 2. The topological polar surface area (TPSA) is 76.3 Å². The predicted molar refractivity (Wildman–Crippen MR) is 105 cm³/mol. The fourth-order valence-electron chi connectivity index (χ4n) is 3.87. The summed E-state index contributed by atoms with van der Waals surface area (Å²) in [7, 11) is -3.54. The molecule has 1 aliphatic carbocycles. The highest BCUT2D eigenvalue weighted by Gasteiger charge is 2.27. The minimum atomic E-state index is -3.54. The molecule has 5 nitrogen and oxygen atoms in total. The number of hydrogen-bond donors (Lipinski definition) is 1. The van der Waals surface area contributed by atoms with E-state index in [-0.39, 0.29) is 0 Å². The lowest BCUT2D eigenvalue weighted by Gasteiger charge is -2.24. The summed E-state index contributed by atoms with van der Waals surface area (Å²) in [5, 5.41) is 1.60. The molecule has 26 heavy (non-hydrogen) atoms. The van der Waals surface area contributed by atoms with Gasteiger partial charge in [-0.3, -0.25) is 4.98 Å². The van der Waals surface area contributed by atoms with E-state index in [2.05, 4.69) is 4.98 Å². The van der Waals surface area contributed by atoms with E-state index in [1.54, 1.807) is 34.9 Å². The molecule has 1 fully saturated rings. The maximum Gasteiger partial charge on any atom is 0.243 e. The largest absolute Gasteiger partial charge is 0.330 e. The zero-order chi connectivity index (χ0) is 18.4. The average Bonchev–Trinajstić information content (AvgIpc) is 3.17. The van der Waals surface area contributed by atoms with Gasteiger partial charge in [0.25, 0.3) is 0 Å². The molecule has 6 heteroatoms. The van der Waals surface area contributed by atoms with Crippen molar-refractivity contribution in [2.75, 3.05) is 19.6 Å². The van der Waals surface area contributed by atoms with Crippen molar-refractivity contribution >= 4 is 20.8 Å². The predicted octanol–water partition coefficient (Wildman–Crippen LogP) is 3.54. The second-order valence-corrected chi connectivity index (χ2v) is 9.10. The van der Waals surface area contributed by atoms with E-state index >= 15 is 0 Å². The highest BCUT2D eigenvalue weighted by Crippen LogP contribution is 2.30. The number of aromatic nitrogens is 1. The summed E-state index contributed by atoms with van der Waals surface area (Å²) < 4.78 is 28.5. The van der Waals surface area contributed by atoms with Crippen molar-refractivity contribution in [3.8, 4) is 0 Å². The van der Waals surface area contributed by atoms with Crippen LogP contribution in [0.2, 0.25) is 0 Å². The third-order valence-electron chi connectivity index (χ3n) is 5.38. The molecule has 1 aromatic heterocycles. The zero-order valence-corrected chi connectivity index (χ0v) is 16.1. The Morgan fingerprint density at radius 1 is 1.12 bits per heavy atom. The van der Waals surface area contributed by atoms with Gasteiger partial charge < -0.3 is 5.73 Å². The normalized spacial score (nSPS) is 15.9. The summed E-state index contributed by atoms with van der Waals surface area (Å²) >= 11 is 0. The van der Waals surface area contributed by atoms with Crippen LogP contribution in [0.5, 0.6) is 0 Å². The molecule has 0 radical (unpaired) electrons. The van der Waals surface area contributed by atoms with Gasteiger partial charge in [-0.2, -0.15) is 4.31 Å². The van der Waals surface area contributed by atoms with E-state index in [0.29, 0.717) is 30.4 Å². The van der Waals surface area contributed by atoms with Gasteiger partial charge in [0.1, 0.15) is 0 Å². The van der Waals surface area contributed by atoms with Crippen molar-refractivity contribution < 1.29 is 8.42 Å². The van der Waals surface area contributed by atoms with Gasteiger partial charge in [0.2, 0.25) is 10.0 Å². The monoisotopic (exact) mass is 375 g/mol. The first-order valence-electron chi connectivity index (χ1n) is 9.66. The van der Waals surface area contributed by atoms with Crippen LogP contribution in [0, 0.1) is 5.92 Å². The van der Waals surface area contributed by atoms with Gasteiger partial charge in [0, 0.05) is 36.3 Å². The quantitative estimate of drug-likeness (QED) is 0.680. The lowest BCUT2D eigenvalue weighted by molar-refractivity contribution is 0.359. The van der Waals surface area contributed by atoms with Gasteiger partial charge >= 0.3 is 0 Å². The molecule has 142 valence electrons. The number of rotatable bonds is 9. The first-order chi connectivity index (χ1) is 12.6. The molecule has 1 saturated carbocycles. The maximum absolute atomic E-state index is 13.4. The van der Waals surface area contributed by atoms with Gasteiger partial charge in [-0.05, 0) is 43.9 Å². The molecule has 3 rings (SSSR count). The first kappa shape index (κ1) is 19.3. The van der Waals surface area contributed by atoms with Crippen LogP contribution < -0.4 is 5.73 Å². The number of benzene rings is 1. The fourth-order valence-corrected chi connectivity index (χ4v) is 5.57. The van der Waals surface area contributed by atoms with Gasteiger partial charge in [0.15, 0.2) is 0 Å². The number of hydrogen-bond acceptors (Lipinski definition) is 4. The Morgan fingerprint density at radius 3 is 2.69 bits per heavy atom. The van der Waals surface area contributed by atoms with Crippen molar-refractivity contribution in [3.05, 3.63) is 36.7 Å². The van der Waals surface area contributed by atoms with Gasteiger partial charge in [-0.25, -0.2) is 8.42 Å². The van der Waals surface area contributed by atoms with E-state index < -0.39 is 10.0 Å². The van der Waals surface area contributed by atoms with Crippen molar-refractivity contribution in [3.63, 3.8) is 0 Å². The van der Waals surface area contributed by atoms with Gasteiger partial charge in [0.05, 0.1) is 4.90 Å². The SMILES string of the molecule is NCCCCN(CCC1CCCC1)S(=O)(=O)c1cccc2cnccc12. The molecule has 1 aromatic carbocycles. The van der Waals surface area contributed by atoms with Crippen LogP contribution >= 0.6 is 0 Å². The second-order valence-electron chi connectivity index (χ2n) is 7.19. The highest BCUT2D eigenvalue weighted by molar-refractivity contribution is 7.89. The number of fused-ring (bicyclic) bond motifs is 1. The number of sulfonamides is 1. The number of unbranched alkanes of at least 4 members (excludes halogenated alkanes) is 1. The van der Waals surface area contributed by atoms with Crippen LogP contribution in [0.15, 0.2) is 41.6 Å². The Kier molecular flexibility index (Phi) is 6.62. The molecule has 0 bridgehead atoms. The Hall–Kier alpha value is -1.50. The summed E-state index contributed by atoms with van der Waals surface area (Å²) in [5.74, 6) is 0.666. The number of pyridine rings is 1. The molecule has 0 atom stereocenters. The molecule has 0 spiro atoms. The Labute approximate surface area is 156 Å². The van der Waals surface area contributed by atoms with E-state index in [9.17, 15) is 8.42 Å². The summed E-state index contributed by atoms with van der Waals surface area (Å²) in [5.41, 5.74) is 5.61. The van der Waals surface area contributed by atoms with Gasteiger partial charge in [-0.1, -0.05) is 37.8 Å². The molecule has 0 aliphatic heterocycles. The minimum absolute atomic E-state index is 0.386. The average molecular weight is 376 g/mol. The molecule has 0 unspecified atom stereocenters. The number of nitrogens with two attached hydrogens (primary N) is 1. The van der Waals surface area contributed by atoms with E-state index in [1.165, 1.54) is 25.7 Å². The van der Waals surface area contributed by atoms with Crippen LogP contribution in [0.1, 0.15) is 44.9 Å². The molecule has 1 aliphatic rings. The third-order valence-corrected chi connectivity index (χ3v) is 7.34. The lowest BCUT2D eigenvalue weighted by Crippen LogP contribution is -2.34. The second kappa shape index (κ2) is 8.93. The first-order valence-corrected chi connectivity index (χ1v) is 11.1. The van der Waals surface area contributed by atoms with Crippen molar-refractivity contribution in [1.82, 2.24) is 9.29 Å². The van der Waals surface area contributed by atoms with E-state index in [0.717, 1.165) is 30.0 Å².